The molecule has 1 unspecified atom stereocenters. The first-order valence-corrected chi connectivity index (χ1v) is 7.98. The summed E-state index contributed by atoms with van der Waals surface area (Å²) in [5.41, 5.74) is 7.14. The van der Waals surface area contributed by atoms with Crippen molar-refractivity contribution in [2.75, 3.05) is 26.4 Å². The number of rotatable bonds is 7. The minimum Gasteiger partial charge on any atom is -0.493 e. The van der Waals surface area contributed by atoms with Gasteiger partial charge in [0.25, 0.3) is 0 Å². The molecule has 3 N–H and O–H groups in total. The summed E-state index contributed by atoms with van der Waals surface area (Å²) >= 11 is 0. The molecule has 1 atom stereocenters. The maximum absolute atomic E-state index is 12.0. The molecule has 0 radical (unpaired) electrons. The molecule has 1 aliphatic heterocycles. The van der Waals surface area contributed by atoms with Crippen LogP contribution >= 0.6 is 12.4 Å². The van der Waals surface area contributed by atoms with Crippen LogP contribution in [0.15, 0.2) is 24.3 Å². The molecule has 1 saturated heterocycles. The van der Waals surface area contributed by atoms with Gasteiger partial charge in [0.2, 0.25) is 5.91 Å². The summed E-state index contributed by atoms with van der Waals surface area (Å²) < 4.78 is 11.0. The van der Waals surface area contributed by atoms with Crippen LogP contribution in [0.25, 0.3) is 0 Å². The normalized spacial score (nSPS) is 16.3. The number of aryl methyl sites for hydroxylation is 1. The molecule has 23 heavy (non-hydrogen) atoms. The van der Waals surface area contributed by atoms with Crippen molar-refractivity contribution in [3.05, 3.63) is 29.8 Å². The summed E-state index contributed by atoms with van der Waals surface area (Å²) in [6.45, 7) is 4.59. The summed E-state index contributed by atoms with van der Waals surface area (Å²) in [5.74, 6) is 1.06. The van der Waals surface area contributed by atoms with Crippen molar-refractivity contribution in [2.45, 2.75) is 32.2 Å². The van der Waals surface area contributed by atoms with E-state index in [-0.39, 0.29) is 24.2 Å². The second kappa shape index (κ2) is 10.5. The first-order chi connectivity index (χ1) is 10.7. The maximum Gasteiger partial charge on any atom is 0.237 e. The monoisotopic (exact) mass is 342 g/mol. The van der Waals surface area contributed by atoms with Crippen LogP contribution in [-0.4, -0.2) is 38.3 Å². The molecular weight excluding hydrogens is 316 g/mol. The summed E-state index contributed by atoms with van der Waals surface area (Å²) in [7, 11) is 0. The fourth-order valence-electron chi connectivity index (χ4n) is 2.59. The quantitative estimate of drug-likeness (QED) is 0.744. The summed E-state index contributed by atoms with van der Waals surface area (Å²) in [6, 6.07) is 7.48. The number of hydrogen-bond donors (Lipinski definition) is 2. The van der Waals surface area contributed by atoms with Gasteiger partial charge >= 0.3 is 0 Å². The van der Waals surface area contributed by atoms with Gasteiger partial charge < -0.3 is 20.5 Å². The highest BCUT2D eigenvalue weighted by molar-refractivity contribution is 5.85. The van der Waals surface area contributed by atoms with Gasteiger partial charge in [-0.15, -0.1) is 12.4 Å². The highest BCUT2D eigenvalue weighted by Gasteiger charge is 2.26. The second-order valence-electron chi connectivity index (χ2n) is 5.73. The number of halogens is 1. The third-order valence-corrected chi connectivity index (χ3v) is 4.05. The summed E-state index contributed by atoms with van der Waals surface area (Å²) in [4.78, 5) is 12.0. The Morgan fingerprint density at radius 2 is 2.09 bits per heavy atom. The lowest BCUT2D eigenvalue weighted by Crippen LogP contribution is -2.47. The molecule has 2 rings (SSSR count). The topological polar surface area (TPSA) is 73.6 Å². The largest absolute Gasteiger partial charge is 0.493 e. The van der Waals surface area contributed by atoms with E-state index in [1.54, 1.807) is 0 Å². The van der Waals surface area contributed by atoms with Crippen molar-refractivity contribution in [1.82, 2.24) is 5.32 Å². The molecule has 1 aromatic carbocycles. The van der Waals surface area contributed by atoms with Crippen LogP contribution in [0.2, 0.25) is 0 Å². The van der Waals surface area contributed by atoms with Crippen molar-refractivity contribution in [3.63, 3.8) is 0 Å². The Labute approximate surface area is 144 Å². The van der Waals surface area contributed by atoms with Gasteiger partial charge in [-0.1, -0.05) is 18.2 Å². The number of benzene rings is 1. The molecule has 0 aromatic heterocycles. The zero-order valence-electron chi connectivity index (χ0n) is 13.6. The van der Waals surface area contributed by atoms with Crippen LogP contribution in [0, 0.1) is 12.8 Å². The van der Waals surface area contributed by atoms with Crippen molar-refractivity contribution >= 4 is 18.3 Å². The van der Waals surface area contributed by atoms with Crippen molar-refractivity contribution in [2.24, 2.45) is 11.7 Å². The van der Waals surface area contributed by atoms with E-state index in [4.69, 9.17) is 15.2 Å². The summed E-state index contributed by atoms with van der Waals surface area (Å²) in [6.07, 6.45) is 2.50. The van der Waals surface area contributed by atoms with Crippen molar-refractivity contribution < 1.29 is 14.3 Å². The smallest absolute Gasteiger partial charge is 0.237 e. The van der Waals surface area contributed by atoms with E-state index < -0.39 is 6.04 Å². The van der Waals surface area contributed by atoms with E-state index in [9.17, 15) is 4.79 Å². The predicted octanol–water partition coefficient (Wildman–Crippen LogP) is 2.06. The molecule has 0 aliphatic carbocycles. The van der Waals surface area contributed by atoms with Gasteiger partial charge in [0.1, 0.15) is 5.75 Å². The van der Waals surface area contributed by atoms with Crippen LogP contribution in [0.3, 0.4) is 0 Å². The van der Waals surface area contributed by atoms with Crippen LogP contribution in [-0.2, 0) is 9.53 Å². The highest BCUT2D eigenvalue weighted by Crippen LogP contribution is 2.18. The van der Waals surface area contributed by atoms with Crippen LogP contribution in [0.5, 0.6) is 5.75 Å². The number of nitrogens with one attached hydrogen (secondary N) is 1. The van der Waals surface area contributed by atoms with Crippen LogP contribution < -0.4 is 15.8 Å². The molecule has 1 fully saturated rings. The van der Waals surface area contributed by atoms with Crippen molar-refractivity contribution in [1.29, 1.82) is 0 Å². The molecule has 6 heteroatoms. The number of para-hydroxylation sites is 1. The second-order valence-corrected chi connectivity index (χ2v) is 5.73. The standard InChI is InChI=1S/C17H26N2O3.ClH/c1-13-5-2-3-6-15(13)22-10-4-9-19-17(20)16(18)14-7-11-21-12-8-14;/h2-3,5-6,14,16H,4,7-12,18H2,1H3,(H,19,20);1H. The molecular formula is C17H27ClN2O3. The van der Waals surface area contributed by atoms with Gasteiger partial charge in [0.15, 0.2) is 0 Å². The number of hydrogen-bond acceptors (Lipinski definition) is 4. The molecule has 0 bridgehead atoms. The highest BCUT2D eigenvalue weighted by atomic mass is 35.5. The average molecular weight is 343 g/mol. The first-order valence-electron chi connectivity index (χ1n) is 7.98. The Balaban J connectivity index is 0.00000264. The molecule has 1 aliphatic rings. The molecule has 1 aromatic rings. The Kier molecular flexibility index (Phi) is 8.99. The molecule has 0 spiro atoms. The summed E-state index contributed by atoms with van der Waals surface area (Å²) in [5, 5.41) is 2.90. The van der Waals surface area contributed by atoms with Crippen molar-refractivity contribution in [3.8, 4) is 5.75 Å². The predicted molar refractivity (Wildman–Crippen MR) is 93.1 cm³/mol. The van der Waals surface area contributed by atoms with Gasteiger partial charge in [-0.05, 0) is 43.7 Å². The minimum absolute atomic E-state index is 0. The first kappa shape index (κ1) is 19.7. The molecule has 5 nitrogen and oxygen atoms in total. The number of carbonyl (C=O) groups is 1. The van der Waals surface area contributed by atoms with Gasteiger partial charge in [-0.3, -0.25) is 4.79 Å². The number of ether oxygens (including phenoxy) is 2. The van der Waals surface area contributed by atoms with Gasteiger partial charge in [-0.25, -0.2) is 0 Å². The third kappa shape index (κ3) is 6.37. The van der Waals surface area contributed by atoms with E-state index in [0.29, 0.717) is 26.4 Å². The zero-order valence-corrected chi connectivity index (χ0v) is 14.4. The van der Waals surface area contributed by atoms with Gasteiger partial charge in [0, 0.05) is 19.8 Å². The Bertz CT molecular complexity index is 479. The van der Waals surface area contributed by atoms with E-state index >= 15 is 0 Å². The average Bonchev–Trinajstić information content (AvgIpc) is 2.56. The Morgan fingerprint density at radius 3 is 2.78 bits per heavy atom. The number of nitrogens with two attached hydrogens (primary N) is 1. The number of amides is 1. The fraction of sp³-hybridized carbons (Fsp3) is 0.588. The van der Waals surface area contributed by atoms with Crippen LogP contribution in [0.4, 0.5) is 0 Å². The molecule has 1 heterocycles. The maximum atomic E-state index is 12.0. The molecule has 130 valence electrons. The zero-order chi connectivity index (χ0) is 15.8. The Hall–Kier alpha value is -1.30. The minimum atomic E-state index is -0.429. The van der Waals surface area contributed by atoms with E-state index in [0.717, 1.165) is 30.6 Å². The van der Waals surface area contributed by atoms with E-state index in [1.807, 2.05) is 31.2 Å². The lowest BCUT2D eigenvalue weighted by atomic mass is 9.92. The van der Waals surface area contributed by atoms with Gasteiger partial charge in [-0.2, -0.15) is 0 Å². The number of carbonyl (C=O) groups excluding carboxylic acids is 1. The Morgan fingerprint density at radius 1 is 1.39 bits per heavy atom. The van der Waals surface area contributed by atoms with E-state index in [2.05, 4.69) is 5.32 Å². The lowest BCUT2D eigenvalue weighted by molar-refractivity contribution is -0.124. The van der Waals surface area contributed by atoms with E-state index in [1.165, 1.54) is 0 Å². The fourth-order valence-corrected chi connectivity index (χ4v) is 2.59. The van der Waals surface area contributed by atoms with Gasteiger partial charge in [0.05, 0.1) is 12.6 Å². The third-order valence-electron chi connectivity index (χ3n) is 4.05. The molecule has 0 saturated carbocycles. The molecule has 1 amide bonds. The lowest BCUT2D eigenvalue weighted by Gasteiger charge is -2.26. The van der Waals surface area contributed by atoms with Crippen LogP contribution in [0.1, 0.15) is 24.8 Å². The SMILES string of the molecule is Cc1ccccc1OCCCNC(=O)C(N)C1CCOCC1.Cl.